The Kier molecular flexibility index (Phi) is 8.36. The molecule has 2 rings (SSSR count). The fourth-order valence-corrected chi connectivity index (χ4v) is 2.96. The van der Waals surface area contributed by atoms with E-state index < -0.39 is 46.2 Å². The maximum absolute atomic E-state index is 14.1. The number of amides is 2. The van der Waals surface area contributed by atoms with E-state index in [2.05, 4.69) is 6.92 Å². The van der Waals surface area contributed by atoms with Gasteiger partial charge in [-0.05, 0) is 42.8 Å². The van der Waals surface area contributed by atoms with Crippen LogP contribution in [0.2, 0.25) is 0 Å². The summed E-state index contributed by atoms with van der Waals surface area (Å²) in [6.45, 7) is 1.95. The molecule has 3 nitrogen and oxygen atoms in total. The quantitative estimate of drug-likeness (QED) is 0.294. The summed E-state index contributed by atoms with van der Waals surface area (Å²) in [6, 6.07) is 4.61. The highest BCUT2D eigenvalue weighted by Crippen LogP contribution is 2.18. The third kappa shape index (κ3) is 6.14. The van der Waals surface area contributed by atoms with Crippen molar-refractivity contribution in [2.45, 2.75) is 45.4 Å². The van der Waals surface area contributed by atoms with Gasteiger partial charge in [-0.25, -0.2) is 17.6 Å². The first kappa shape index (κ1) is 22.6. The topological polar surface area (TPSA) is 37.4 Å². The van der Waals surface area contributed by atoms with Gasteiger partial charge < -0.3 is 0 Å². The maximum Gasteiger partial charge on any atom is 0.263 e. The van der Waals surface area contributed by atoms with Gasteiger partial charge in [-0.15, -0.1) is 0 Å². The van der Waals surface area contributed by atoms with Crippen LogP contribution in [0.15, 0.2) is 36.4 Å². The Morgan fingerprint density at radius 2 is 1.17 bits per heavy atom. The third-order valence-electron chi connectivity index (χ3n) is 4.54. The number of carbonyl (C=O) groups is 2. The van der Waals surface area contributed by atoms with Crippen molar-refractivity contribution in [2.24, 2.45) is 0 Å². The zero-order chi connectivity index (χ0) is 21.4. The van der Waals surface area contributed by atoms with Gasteiger partial charge in [-0.2, -0.15) is 0 Å². The van der Waals surface area contributed by atoms with E-state index in [4.69, 9.17) is 0 Å². The largest absolute Gasteiger partial charge is 0.274 e. The highest BCUT2D eigenvalue weighted by Gasteiger charge is 2.28. The molecule has 0 fully saturated rings. The summed E-state index contributed by atoms with van der Waals surface area (Å²) in [7, 11) is 0. The van der Waals surface area contributed by atoms with Crippen LogP contribution in [0, 0.1) is 23.3 Å². The van der Waals surface area contributed by atoms with E-state index in [1.807, 2.05) is 0 Å². The van der Waals surface area contributed by atoms with Crippen molar-refractivity contribution in [1.82, 2.24) is 4.90 Å². The summed E-state index contributed by atoms with van der Waals surface area (Å²) in [5.74, 6) is -5.89. The summed E-state index contributed by atoms with van der Waals surface area (Å²) < 4.78 is 55.1. The van der Waals surface area contributed by atoms with Crippen LogP contribution in [0.1, 0.15) is 66.2 Å². The molecule has 0 aliphatic rings. The van der Waals surface area contributed by atoms with E-state index in [0.29, 0.717) is 29.9 Å². The molecule has 0 spiro atoms. The minimum Gasteiger partial charge on any atom is -0.274 e. The van der Waals surface area contributed by atoms with Gasteiger partial charge >= 0.3 is 0 Å². The van der Waals surface area contributed by atoms with Crippen LogP contribution in [-0.4, -0.2) is 23.3 Å². The normalized spacial score (nSPS) is 10.8. The van der Waals surface area contributed by atoms with Crippen LogP contribution in [-0.2, 0) is 0 Å². The second-order valence-corrected chi connectivity index (χ2v) is 6.78. The second kappa shape index (κ2) is 10.7. The van der Waals surface area contributed by atoms with Crippen molar-refractivity contribution in [3.05, 3.63) is 70.8 Å². The first-order chi connectivity index (χ1) is 13.8. The molecule has 0 atom stereocenters. The molecule has 0 saturated carbocycles. The molecule has 0 aliphatic carbocycles. The predicted molar refractivity (Wildman–Crippen MR) is 101 cm³/mol. The Hall–Kier alpha value is -2.70. The highest BCUT2D eigenvalue weighted by atomic mass is 19.1. The van der Waals surface area contributed by atoms with E-state index >= 15 is 0 Å². The van der Waals surface area contributed by atoms with Gasteiger partial charge in [0.2, 0.25) is 0 Å². The van der Waals surface area contributed by atoms with Crippen molar-refractivity contribution in [3.63, 3.8) is 0 Å². The number of hydrogen-bond acceptors (Lipinski definition) is 2. The maximum atomic E-state index is 14.1. The molecule has 2 aromatic carbocycles. The summed E-state index contributed by atoms with van der Waals surface area (Å²) in [6.07, 6.45) is 5.11. The van der Waals surface area contributed by atoms with Gasteiger partial charge in [0.25, 0.3) is 11.8 Å². The second-order valence-electron chi connectivity index (χ2n) is 6.78. The lowest BCUT2D eigenvalue weighted by Gasteiger charge is -2.22. The van der Waals surface area contributed by atoms with Crippen molar-refractivity contribution in [1.29, 1.82) is 0 Å². The molecule has 2 amide bonds. The lowest BCUT2D eigenvalue weighted by atomic mass is 10.1. The number of imide groups is 1. The first-order valence-corrected chi connectivity index (χ1v) is 9.61. The van der Waals surface area contributed by atoms with Crippen LogP contribution < -0.4 is 0 Å². The van der Waals surface area contributed by atoms with Crippen molar-refractivity contribution in [2.75, 3.05) is 6.54 Å². The number of halogens is 4. The molecule has 0 saturated heterocycles. The molecule has 0 N–H and O–H groups in total. The molecule has 0 radical (unpaired) electrons. The fraction of sp³-hybridized carbons (Fsp3) is 0.364. The summed E-state index contributed by atoms with van der Waals surface area (Å²) in [5, 5.41) is 0. The van der Waals surface area contributed by atoms with Crippen molar-refractivity contribution in [3.8, 4) is 0 Å². The number of unbranched alkanes of at least 4 members (excludes halogenated alkanes) is 5. The fourth-order valence-electron chi connectivity index (χ4n) is 2.96. The molecule has 0 bridgehead atoms. The number of hydrogen-bond donors (Lipinski definition) is 0. The van der Waals surface area contributed by atoms with E-state index in [-0.39, 0.29) is 6.54 Å². The molecular weight excluding hydrogens is 386 g/mol. The molecule has 0 aliphatic heterocycles. The van der Waals surface area contributed by atoms with Gasteiger partial charge in [-0.1, -0.05) is 39.0 Å². The van der Waals surface area contributed by atoms with Crippen LogP contribution in [0.25, 0.3) is 0 Å². The van der Waals surface area contributed by atoms with Gasteiger partial charge in [-0.3, -0.25) is 14.5 Å². The molecule has 2 aromatic rings. The average Bonchev–Trinajstić information content (AvgIpc) is 2.70. The Bertz CT molecular complexity index is 806. The number of nitrogens with zero attached hydrogens (tertiary/aromatic N) is 1. The first-order valence-electron chi connectivity index (χ1n) is 9.61. The number of benzene rings is 2. The van der Waals surface area contributed by atoms with Crippen molar-refractivity contribution >= 4 is 11.8 Å². The molecule has 29 heavy (non-hydrogen) atoms. The Morgan fingerprint density at radius 1 is 0.724 bits per heavy atom. The Labute approximate surface area is 167 Å². The SMILES string of the molecule is CCCCCCCCN(C(=O)c1cc(F)ccc1F)C(=O)c1cc(F)ccc1F. The summed E-state index contributed by atoms with van der Waals surface area (Å²) in [5.41, 5.74) is -1.28. The Balaban J connectivity index is 2.27. The number of carbonyl (C=O) groups excluding carboxylic acids is 2. The zero-order valence-electron chi connectivity index (χ0n) is 16.2. The molecule has 156 valence electrons. The molecule has 0 heterocycles. The Morgan fingerprint density at radius 3 is 1.66 bits per heavy atom. The molecule has 0 unspecified atom stereocenters. The third-order valence-corrected chi connectivity index (χ3v) is 4.54. The standard InChI is InChI=1S/C22H23F4NO2/c1-2-3-4-5-6-7-12-27(21(28)17-13-15(23)8-10-19(17)25)22(29)18-14-16(24)9-11-20(18)26/h8-11,13-14H,2-7,12H2,1H3. The lowest BCUT2D eigenvalue weighted by molar-refractivity contribution is 0.0607. The highest BCUT2D eigenvalue weighted by molar-refractivity contribution is 6.10. The molecule has 0 aromatic heterocycles. The molecule has 7 heteroatoms. The average molecular weight is 409 g/mol. The van der Waals surface area contributed by atoms with Crippen molar-refractivity contribution < 1.29 is 27.2 Å². The van der Waals surface area contributed by atoms with Crippen LogP contribution in [0.3, 0.4) is 0 Å². The van der Waals surface area contributed by atoms with E-state index in [9.17, 15) is 27.2 Å². The minimum atomic E-state index is -1.09. The van der Waals surface area contributed by atoms with Crippen LogP contribution in [0.4, 0.5) is 17.6 Å². The lowest BCUT2D eigenvalue weighted by Crippen LogP contribution is -2.38. The zero-order valence-corrected chi connectivity index (χ0v) is 16.2. The van der Waals surface area contributed by atoms with Gasteiger partial charge in [0, 0.05) is 6.54 Å². The monoisotopic (exact) mass is 409 g/mol. The number of rotatable bonds is 9. The minimum absolute atomic E-state index is 0.115. The van der Waals surface area contributed by atoms with E-state index in [1.54, 1.807) is 0 Å². The van der Waals surface area contributed by atoms with Gasteiger partial charge in [0.1, 0.15) is 23.3 Å². The van der Waals surface area contributed by atoms with Gasteiger partial charge in [0.15, 0.2) is 0 Å². The van der Waals surface area contributed by atoms with E-state index in [1.165, 1.54) is 0 Å². The van der Waals surface area contributed by atoms with Gasteiger partial charge in [0.05, 0.1) is 11.1 Å². The summed E-state index contributed by atoms with van der Waals surface area (Å²) in [4.78, 5) is 26.2. The van der Waals surface area contributed by atoms with E-state index in [0.717, 1.165) is 49.9 Å². The van der Waals surface area contributed by atoms with Crippen LogP contribution >= 0.6 is 0 Å². The summed E-state index contributed by atoms with van der Waals surface area (Å²) >= 11 is 0. The van der Waals surface area contributed by atoms with Crippen LogP contribution in [0.5, 0.6) is 0 Å². The molecular formula is C22H23F4NO2. The smallest absolute Gasteiger partial charge is 0.263 e. The predicted octanol–water partition coefficient (Wildman–Crippen LogP) is 5.89.